The smallest absolute Gasteiger partial charge is 0.259 e. The van der Waals surface area contributed by atoms with Crippen molar-refractivity contribution < 1.29 is 9.18 Å². The molecule has 1 aliphatic carbocycles. The highest BCUT2D eigenvalue weighted by Gasteiger charge is 2.27. The number of benzene rings is 1. The van der Waals surface area contributed by atoms with Crippen LogP contribution in [0, 0.1) is 12.7 Å². The van der Waals surface area contributed by atoms with Gasteiger partial charge in [-0.3, -0.25) is 4.79 Å². The number of carbonyl (C=O) groups is 1. The molecule has 8 heteroatoms. The molecule has 178 valence electrons. The van der Waals surface area contributed by atoms with E-state index in [4.69, 9.17) is 0 Å². The molecule has 2 aliphatic rings. The zero-order valence-corrected chi connectivity index (χ0v) is 19.8. The minimum absolute atomic E-state index is 0.0350. The Labute approximate surface area is 203 Å². The molecule has 35 heavy (non-hydrogen) atoms. The summed E-state index contributed by atoms with van der Waals surface area (Å²) in [6, 6.07) is 8.80. The van der Waals surface area contributed by atoms with E-state index in [9.17, 15) is 9.18 Å². The average Bonchev–Trinajstić information content (AvgIpc) is 3.25. The van der Waals surface area contributed by atoms with Gasteiger partial charge in [0, 0.05) is 30.0 Å². The standard InChI is InChI=1S/C27H27FN6O/c1-3-18-9-10-19-13-29-26(34(18)19)22-5-4-6-25(31-22)32-27(35)20-12-24(16(2)11-21(20)28)33-14-23(30-15-33)17-7-8-17/h4-6,11-15,17-18H,3,7-10H2,1-2H3,(H,31,32,35)/t18-/m1/s1. The zero-order chi connectivity index (χ0) is 24.1. The number of hydrogen-bond donors (Lipinski definition) is 1. The van der Waals surface area contributed by atoms with Gasteiger partial charge in [-0.15, -0.1) is 0 Å². The van der Waals surface area contributed by atoms with Crippen LogP contribution in [-0.2, 0) is 6.42 Å². The van der Waals surface area contributed by atoms with E-state index in [0.717, 1.165) is 54.9 Å². The molecule has 1 amide bonds. The number of halogens is 1. The molecule has 1 atom stereocenters. The molecule has 1 saturated carbocycles. The molecule has 0 spiro atoms. The lowest BCUT2D eigenvalue weighted by atomic mass is 10.1. The van der Waals surface area contributed by atoms with Gasteiger partial charge in [-0.1, -0.05) is 13.0 Å². The number of imidazole rings is 2. The van der Waals surface area contributed by atoms with Gasteiger partial charge < -0.3 is 14.5 Å². The highest BCUT2D eigenvalue weighted by atomic mass is 19.1. The number of hydrogen-bond acceptors (Lipinski definition) is 4. The first-order valence-electron chi connectivity index (χ1n) is 12.2. The van der Waals surface area contributed by atoms with E-state index in [-0.39, 0.29) is 5.56 Å². The summed E-state index contributed by atoms with van der Waals surface area (Å²) in [5, 5.41) is 2.77. The van der Waals surface area contributed by atoms with Crippen molar-refractivity contribution in [3.63, 3.8) is 0 Å². The van der Waals surface area contributed by atoms with Crippen molar-refractivity contribution in [1.29, 1.82) is 0 Å². The first-order valence-corrected chi connectivity index (χ1v) is 12.2. The Morgan fingerprint density at radius 3 is 2.86 bits per heavy atom. The van der Waals surface area contributed by atoms with Crippen molar-refractivity contribution in [2.24, 2.45) is 0 Å². The number of aromatic nitrogens is 5. The maximum absolute atomic E-state index is 14.9. The number of nitrogens with one attached hydrogen (secondary N) is 1. The van der Waals surface area contributed by atoms with E-state index in [2.05, 4.69) is 31.8 Å². The fourth-order valence-corrected chi connectivity index (χ4v) is 4.99. The van der Waals surface area contributed by atoms with E-state index >= 15 is 0 Å². The van der Waals surface area contributed by atoms with Gasteiger partial charge in [-0.2, -0.15) is 0 Å². The fourth-order valence-electron chi connectivity index (χ4n) is 4.99. The van der Waals surface area contributed by atoms with Crippen molar-refractivity contribution in [2.75, 3.05) is 5.32 Å². The fraction of sp³-hybridized carbons (Fsp3) is 0.333. The first kappa shape index (κ1) is 21.7. The molecule has 1 aromatic carbocycles. The molecule has 4 aromatic rings. The van der Waals surface area contributed by atoms with Gasteiger partial charge in [0.2, 0.25) is 0 Å². The van der Waals surface area contributed by atoms with Gasteiger partial charge in [0.05, 0.1) is 23.3 Å². The molecule has 1 fully saturated rings. The SMILES string of the molecule is CC[C@@H]1CCc2cnc(-c3cccc(NC(=O)c4cc(-n5cnc(C6CC6)c5)c(C)cc4F)n3)n21. The predicted octanol–water partition coefficient (Wildman–Crippen LogP) is 5.61. The van der Waals surface area contributed by atoms with Gasteiger partial charge in [-0.05, 0) is 68.9 Å². The monoisotopic (exact) mass is 470 g/mol. The topological polar surface area (TPSA) is 77.6 Å². The summed E-state index contributed by atoms with van der Waals surface area (Å²) in [7, 11) is 0. The molecular formula is C27H27FN6O. The van der Waals surface area contributed by atoms with Crippen LogP contribution in [0.1, 0.15) is 71.9 Å². The summed E-state index contributed by atoms with van der Waals surface area (Å²) >= 11 is 0. The van der Waals surface area contributed by atoms with Gasteiger partial charge in [0.25, 0.3) is 5.91 Å². The van der Waals surface area contributed by atoms with Crippen molar-refractivity contribution >= 4 is 11.7 Å². The van der Waals surface area contributed by atoms with Crippen molar-refractivity contribution in [3.05, 3.63) is 77.4 Å². The Morgan fingerprint density at radius 1 is 1.20 bits per heavy atom. The molecule has 3 aromatic heterocycles. The highest BCUT2D eigenvalue weighted by Crippen LogP contribution is 2.39. The number of rotatable bonds is 6. The van der Waals surface area contributed by atoms with Gasteiger partial charge in [0.15, 0.2) is 5.82 Å². The Kier molecular flexibility index (Phi) is 5.24. The second-order valence-electron chi connectivity index (χ2n) is 9.50. The van der Waals surface area contributed by atoms with E-state index in [1.54, 1.807) is 18.5 Å². The summed E-state index contributed by atoms with van der Waals surface area (Å²) in [5.74, 6) is 0.559. The van der Waals surface area contributed by atoms with E-state index in [0.29, 0.717) is 23.5 Å². The maximum atomic E-state index is 14.9. The van der Waals surface area contributed by atoms with Crippen LogP contribution in [0.15, 0.2) is 49.1 Å². The molecule has 0 unspecified atom stereocenters. The summed E-state index contributed by atoms with van der Waals surface area (Å²) in [6.07, 6.45) is 11.1. The lowest BCUT2D eigenvalue weighted by Gasteiger charge is -2.14. The normalized spacial score (nSPS) is 16.9. The molecule has 7 nitrogen and oxygen atoms in total. The lowest BCUT2D eigenvalue weighted by molar-refractivity contribution is 0.102. The van der Waals surface area contributed by atoms with Crippen LogP contribution in [-0.4, -0.2) is 30.0 Å². The van der Waals surface area contributed by atoms with Crippen LogP contribution in [0.25, 0.3) is 17.2 Å². The minimum Gasteiger partial charge on any atom is -0.324 e. The Bertz CT molecular complexity index is 1430. The van der Waals surface area contributed by atoms with Gasteiger partial charge in [-0.25, -0.2) is 19.3 Å². The van der Waals surface area contributed by atoms with Crippen molar-refractivity contribution in [1.82, 2.24) is 24.1 Å². The number of aryl methyl sites for hydroxylation is 2. The van der Waals surface area contributed by atoms with Crippen LogP contribution in [0.4, 0.5) is 10.2 Å². The Hall–Kier alpha value is -3.81. The van der Waals surface area contributed by atoms with Crippen LogP contribution in [0.5, 0.6) is 0 Å². The molecule has 1 aliphatic heterocycles. The lowest BCUT2D eigenvalue weighted by Crippen LogP contribution is -2.16. The van der Waals surface area contributed by atoms with Crippen LogP contribution in [0.2, 0.25) is 0 Å². The van der Waals surface area contributed by atoms with E-state index < -0.39 is 11.7 Å². The molecule has 0 saturated heterocycles. The predicted molar refractivity (Wildman–Crippen MR) is 131 cm³/mol. The van der Waals surface area contributed by atoms with E-state index in [1.807, 2.05) is 36.0 Å². The molecule has 1 N–H and O–H groups in total. The number of carbonyl (C=O) groups excluding carboxylic acids is 1. The van der Waals surface area contributed by atoms with E-state index in [1.165, 1.54) is 11.8 Å². The molecule has 4 heterocycles. The second kappa shape index (κ2) is 8.45. The summed E-state index contributed by atoms with van der Waals surface area (Å²) in [4.78, 5) is 26.8. The number of pyridine rings is 1. The molecule has 0 bridgehead atoms. The first-order chi connectivity index (χ1) is 17.0. The quantitative estimate of drug-likeness (QED) is 0.398. The average molecular weight is 471 g/mol. The van der Waals surface area contributed by atoms with Gasteiger partial charge in [0.1, 0.15) is 17.3 Å². The Morgan fingerprint density at radius 2 is 2.06 bits per heavy atom. The van der Waals surface area contributed by atoms with Crippen molar-refractivity contribution in [3.8, 4) is 17.2 Å². The molecular weight excluding hydrogens is 443 g/mol. The molecule has 6 rings (SSSR count). The third kappa shape index (κ3) is 3.92. The van der Waals surface area contributed by atoms with Crippen LogP contribution >= 0.6 is 0 Å². The summed E-state index contributed by atoms with van der Waals surface area (Å²) in [6.45, 7) is 4.00. The van der Waals surface area contributed by atoms with Crippen LogP contribution in [0.3, 0.4) is 0 Å². The number of anilines is 1. The number of nitrogens with zero attached hydrogens (tertiary/aromatic N) is 5. The summed E-state index contributed by atoms with van der Waals surface area (Å²) < 4.78 is 19.0. The largest absolute Gasteiger partial charge is 0.324 e. The Balaban J connectivity index is 1.28. The highest BCUT2D eigenvalue weighted by molar-refractivity contribution is 6.04. The summed E-state index contributed by atoms with van der Waals surface area (Å²) in [5.41, 5.74) is 4.37. The third-order valence-electron chi connectivity index (χ3n) is 7.07. The van der Waals surface area contributed by atoms with Crippen molar-refractivity contribution in [2.45, 2.75) is 57.9 Å². The number of amides is 1. The second-order valence-corrected chi connectivity index (χ2v) is 9.50. The number of fused-ring (bicyclic) bond motifs is 1. The minimum atomic E-state index is -0.570. The zero-order valence-electron chi connectivity index (χ0n) is 19.8. The maximum Gasteiger partial charge on any atom is 0.259 e. The van der Waals surface area contributed by atoms with Gasteiger partial charge >= 0.3 is 0 Å². The van der Waals surface area contributed by atoms with Crippen LogP contribution < -0.4 is 5.32 Å². The molecule has 0 radical (unpaired) electrons. The third-order valence-corrected chi connectivity index (χ3v) is 7.07.